The van der Waals surface area contributed by atoms with Crippen molar-refractivity contribution < 1.29 is 4.79 Å². The lowest BCUT2D eigenvalue weighted by Crippen LogP contribution is -2.32. The van der Waals surface area contributed by atoms with Gasteiger partial charge in [-0.3, -0.25) is 4.79 Å². The molecule has 0 unspecified atom stereocenters. The van der Waals surface area contributed by atoms with Crippen LogP contribution in [0.2, 0.25) is 0 Å². The molecule has 2 rings (SSSR count). The summed E-state index contributed by atoms with van der Waals surface area (Å²) in [6, 6.07) is 14.8. The summed E-state index contributed by atoms with van der Waals surface area (Å²) in [5, 5.41) is 8.76. The lowest BCUT2D eigenvalue weighted by molar-refractivity contribution is 0.0986. The van der Waals surface area contributed by atoms with Crippen molar-refractivity contribution >= 4 is 27.5 Å². The van der Waals surface area contributed by atoms with E-state index in [1.54, 1.807) is 23.2 Å². The summed E-state index contributed by atoms with van der Waals surface area (Å²) in [7, 11) is 0. The van der Waals surface area contributed by atoms with Crippen LogP contribution in [0.15, 0.2) is 53.3 Å². The minimum Gasteiger partial charge on any atom is -0.307 e. The number of hydrogen-bond donors (Lipinski definition) is 0. The van der Waals surface area contributed by atoms with E-state index in [-0.39, 0.29) is 12.3 Å². The maximum atomic E-state index is 12.6. The van der Waals surface area contributed by atoms with Gasteiger partial charge in [0.25, 0.3) is 5.91 Å². The molecule has 0 atom stereocenters. The molecule has 2 aromatic rings. The molecule has 1 heterocycles. The first-order valence-corrected chi connectivity index (χ1v) is 6.87. The van der Waals surface area contributed by atoms with E-state index in [4.69, 9.17) is 5.26 Å². The van der Waals surface area contributed by atoms with E-state index >= 15 is 0 Å². The van der Waals surface area contributed by atoms with Gasteiger partial charge >= 0.3 is 0 Å². The molecule has 0 aliphatic rings. The Kier molecular flexibility index (Phi) is 4.85. The van der Waals surface area contributed by atoms with E-state index in [9.17, 15) is 4.79 Å². The fourth-order valence-electron chi connectivity index (χ4n) is 1.81. The minimum atomic E-state index is -0.175. The van der Waals surface area contributed by atoms with Crippen molar-refractivity contribution in [1.82, 2.24) is 4.98 Å². The monoisotopic (exact) mass is 329 g/mol. The molecule has 0 bridgehead atoms. The maximum absolute atomic E-state index is 12.6. The summed E-state index contributed by atoms with van der Waals surface area (Å²) >= 11 is 3.28. The predicted octanol–water partition coefficient (Wildman–Crippen LogP) is 3.40. The first-order valence-electron chi connectivity index (χ1n) is 6.08. The number of nitriles is 1. The van der Waals surface area contributed by atoms with Crippen LogP contribution in [0, 0.1) is 11.3 Å². The number of para-hydroxylation sites is 1. The predicted molar refractivity (Wildman–Crippen MR) is 80.3 cm³/mol. The van der Waals surface area contributed by atoms with Gasteiger partial charge in [0.1, 0.15) is 4.60 Å². The fourth-order valence-corrected chi connectivity index (χ4v) is 2.23. The summed E-state index contributed by atoms with van der Waals surface area (Å²) in [4.78, 5) is 18.3. The van der Waals surface area contributed by atoms with Crippen molar-refractivity contribution in [3.63, 3.8) is 0 Å². The van der Waals surface area contributed by atoms with Gasteiger partial charge in [-0.2, -0.15) is 5.26 Å². The van der Waals surface area contributed by atoms with Crippen molar-refractivity contribution in [3.8, 4) is 6.07 Å². The third kappa shape index (κ3) is 3.22. The van der Waals surface area contributed by atoms with Crippen LogP contribution >= 0.6 is 15.9 Å². The summed E-state index contributed by atoms with van der Waals surface area (Å²) < 4.78 is 0.503. The number of halogens is 1. The highest BCUT2D eigenvalue weighted by Crippen LogP contribution is 2.20. The first kappa shape index (κ1) is 14.2. The van der Waals surface area contributed by atoms with Gasteiger partial charge < -0.3 is 4.90 Å². The van der Waals surface area contributed by atoms with Crippen LogP contribution in [-0.4, -0.2) is 17.4 Å². The molecule has 5 heteroatoms. The molecular formula is C15H12BrN3O. The van der Waals surface area contributed by atoms with Crippen LogP contribution < -0.4 is 4.90 Å². The zero-order valence-corrected chi connectivity index (χ0v) is 12.2. The van der Waals surface area contributed by atoms with Crippen molar-refractivity contribution in [2.45, 2.75) is 6.42 Å². The molecule has 0 fully saturated rings. The van der Waals surface area contributed by atoms with E-state index in [0.29, 0.717) is 16.7 Å². The second-order valence-corrected chi connectivity index (χ2v) is 4.79. The highest BCUT2D eigenvalue weighted by atomic mass is 79.9. The average molecular weight is 330 g/mol. The number of anilines is 1. The molecule has 1 aromatic heterocycles. The number of amides is 1. The molecule has 0 saturated carbocycles. The van der Waals surface area contributed by atoms with Crippen molar-refractivity contribution in [2.75, 3.05) is 11.4 Å². The van der Waals surface area contributed by atoms with Gasteiger partial charge in [0.15, 0.2) is 0 Å². The van der Waals surface area contributed by atoms with Gasteiger partial charge in [-0.05, 0) is 40.2 Å². The molecule has 0 aliphatic heterocycles. The van der Waals surface area contributed by atoms with Gasteiger partial charge in [0, 0.05) is 18.4 Å². The van der Waals surface area contributed by atoms with Crippen molar-refractivity contribution in [3.05, 3.63) is 58.8 Å². The number of benzene rings is 1. The van der Waals surface area contributed by atoms with Gasteiger partial charge in [-0.15, -0.1) is 0 Å². The first-order chi connectivity index (χ1) is 9.74. The summed E-state index contributed by atoms with van der Waals surface area (Å²) in [6.45, 7) is 0.348. The topological polar surface area (TPSA) is 57.0 Å². The molecule has 0 aliphatic carbocycles. The Morgan fingerprint density at radius 2 is 2.00 bits per heavy atom. The average Bonchev–Trinajstić information content (AvgIpc) is 2.49. The molecule has 0 saturated heterocycles. The number of carbonyl (C=O) groups excluding carboxylic acids is 1. The highest BCUT2D eigenvalue weighted by Gasteiger charge is 2.19. The van der Waals surface area contributed by atoms with Crippen LogP contribution in [-0.2, 0) is 0 Å². The molecule has 0 N–H and O–H groups in total. The molecule has 4 nitrogen and oxygen atoms in total. The lowest BCUT2D eigenvalue weighted by Gasteiger charge is -2.22. The number of hydrogen-bond acceptors (Lipinski definition) is 3. The van der Waals surface area contributed by atoms with Crippen molar-refractivity contribution in [1.29, 1.82) is 5.26 Å². The quantitative estimate of drug-likeness (QED) is 0.807. The van der Waals surface area contributed by atoms with E-state index < -0.39 is 0 Å². The van der Waals surface area contributed by atoms with Crippen LogP contribution in [0.5, 0.6) is 0 Å². The molecule has 100 valence electrons. The van der Waals surface area contributed by atoms with Gasteiger partial charge in [0.2, 0.25) is 0 Å². The molecule has 20 heavy (non-hydrogen) atoms. The Bertz CT molecular complexity index is 637. The van der Waals surface area contributed by atoms with E-state index in [1.165, 1.54) is 0 Å². The molecule has 1 amide bonds. The summed E-state index contributed by atoms with van der Waals surface area (Å²) in [5.41, 5.74) is 1.25. The standard InChI is InChI=1S/C15H12BrN3O/c16-14-13(8-4-10-18-14)15(20)19(11-5-9-17)12-6-2-1-3-7-12/h1-4,6-8,10H,5,11H2. The Labute approximate surface area is 125 Å². The van der Waals surface area contributed by atoms with Crippen LogP contribution in [0.3, 0.4) is 0 Å². The maximum Gasteiger partial charge on any atom is 0.261 e. The third-order valence-corrected chi connectivity index (χ3v) is 3.38. The molecule has 0 spiro atoms. The molecular weight excluding hydrogens is 318 g/mol. The number of rotatable bonds is 4. The highest BCUT2D eigenvalue weighted by molar-refractivity contribution is 9.10. The Hall–Kier alpha value is -2.19. The zero-order chi connectivity index (χ0) is 14.4. The smallest absolute Gasteiger partial charge is 0.261 e. The van der Waals surface area contributed by atoms with Crippen LogP contribution in [0.4, 0.5) is 5.69 Å². The summed E-state index contributed by atoms with van der Waals surface area (Å²) in [5.74, 6) is -0.175. The molecule has 0 radical (unpaired) electrons. The second-order valence-electron chi connectivity index (χ2n) is 4.04. The summed E-state index contributed by atoms with van der Waals surface area (Å²) in [6.07, 6.45) is 1.89. The number of carbonyl (C=O) groups is 1. The van der Waals surface area contributed by atoms with E-state index in [1.807, 2.05) is 30.3 Å². The number of nitrogens with zero attached hydrogens (tertiary/aromatic N) is 3. The van der Waals surface area contributed by atoms with Gasteiger partial charge in [-0.1, -0.05) is 18.2 Å². The largest absolute Gasteiger partial charge is 0.307 e. The van der Waals surface area contributed by atoms with Crippen molar-refractivity contribution in [2.24, 2.45) is 0 Å². The Morgan fingerprint density at radius 1 is 1.25 bits per heavy atom. The van der Waals surface area contributed by atoms with E-state index in [0.717, 1.165) is 5.69 Å². The zero-order valence-electron chi connectivity index (χ0n) is 10.7. The lowest BCUT2D eigenvalue weighted by atomic mass is 10.2. The number of aromatic nitrogens is 1. The fraction of sp³-hybridized carbons (Fsp3) is 0.133. The van der Waals surface area contributed by atoms with E-state index in [2.05, 4.69) is 27.0 Å². The van der Waals surface area contributed by atoms with Gasteiger partial charge in [-0.25, -0.2) is 4.98 Å². The van der Waals surface area contributed by atoms with Crippen LogP contribution in [0.25, 0.3) is 0 Å². The second kappa shape index (κ2) is 6.83. The number of pyridine rings is 1. The van der Waals surface area contributed by atoms with Gasteiger partial charge in [0.05, 0.1) is 18.1 Å². The van der Waals surface area contributed by atoms with Crippen LogP contribution in [0.1, 0.15) is 16.8 Å². The SMILES string of the molecule is N#CCCN(C(=O)c1cccnc1Br)c1ccccc1. The minimum absolute atomic E-state index is 0.175. The third-order valence-electron chi connectivity index (χ3n) is 2.75. The molecule has 1 aromatic carbocycles. The Balaban J connectivity index is 2.35. The normalized spacial score (nSPS) is 9.80. The Morgan fingerprint density at radius 3 is 2.65 bits per heavy atom.